The second-order valence-corrected chi connectivity index (χ2v) is 6.83. The molecule has 0 aromatic heterocycles. The molecule has 0 saturated heterocycles. The van der Waals surface area contributed by atoms with E-state index < -0.39 is 6.04 Å². The standard InChI is InChI=1S/C23H30N2O3/c1-5-18-9-11-19(12-10-18)13-14-22(26)25(17(2)23(27)24-3)16-20-7-6-8-21(15-20)28-4/h6-12,15,17H,5,13-14,16H2,1-4H3,(H,24,27). The van der Waals surface area contributed by atoms with Crippen molar-refractivity contribution in [2.24, 2.45) is 0 Å². The van der Waals surface area contributed by atoms with Crippen LogP contribution in [0.1, 0.15) is 37.0 Å². The van der Waals surface area contributed by atoms with E-state index in [1.54, 1.807) is 26.0 Å². The SMILES string of the molecule is CCc1ccc(CCC(=O)N(Cc2cccc(OC)c2)C(C)C(=O)NC)cc1. The second-order valence-electron chi connectivity index (χ2n) is 6.83. The Hall–Kier alpha value is -2.82. The van der Waals surface area contributed by atoms with Gasteiger partial charge in [0.2, 0.25) is 11.8 Å². The largest absolute Gasteiger partial charge is 0.497 e. The normalized spacial score (nSPS) is 11.6. The van der Waals surface area contributed by atoms with E-state index in [1.807, 2.05) is 24.3 Å². The van der Waals surface area contributed by atoms with Crippen molar-refractivity contribution < 1.29 is 14.3 Å². The summed E-state index contributed by atoms with van der Waals surface area (Å²) in [6.07, 6.45) is 2.01. The molecule has 150 valence electrons. The van der Waals surface area contributed by atoms with Crippen LogP contribution in [0.3, 0.4) is 0 Å². The van der Waals surface area contributed by atoms with Gasteiger partial charge in [-0.3, -0.25) is 9.59 Å². The molecule has 5 nitrogen and oxygen atoms in total. The molecular weight excluding hydrogens is 352 g/mol. The molecule has 0 bridgehead atoms. The van der Waals surface area contributed by atoms with Crippen molar-refractivity contribution in [2.45, 2.75) is 45.7 Å². The summed E-state index contributed by atoms with van der Waals surface area (Å²) >= 11 is 0. The van der Waals surface area contributed by atoms with E-state index >= 15 is 0 Å². The molecule has 0 spiro atoms. The van der Waals surface area contributed by atoms with Crippen molar-refractivity contribution in [3.8, 4) is 5.75 Å². The number of benzene rings is 2. The van der Waals surface area contributed by atoms with Gasteiger partial charge in [-0.15, -0.1) is 0 Å². The fraction of sp³-hybridized carbons (Fsp3) is 0.391. The van der Waals surface area contributed by atoms with Gasteiger partial charge in [-0.2, -0.15) is 0 Å². The van der Waals surface area contributed by atoms with Crippen LogP contribution in [-0.2, 0) is 29.0 Å². The number of hydrogen-bond donors (Lipinski definition) is 1. The maximum absolute atomic E-state index is 13.0. The molecule has 0 aliphatic heterocycles. The van der Waals surface area contributed by atoms with Crippen molar-refractivity contribution in [3.63, 3.8) is 0 Å². The van der Waals surface area contributed by atoms with Gasteiger partial charge < -0.3 is 15.0 Å². The monoisotopic (exact) mass is 382 g/mol. The molecule has 0 heterocycles. The number of carbonyl (C=O) groups is 2. The molecule has 0 radical (unpaired) electrons. The lowest BCUT2D eigenvalue weighted by molar-refractivity contribution is -0.140. The van der Waals surface area contributed by atoms with Crippen LogP contribution in [0.15, 0.2) is 48.5 Å². The zero-order valence-electron chi connectivity index (χ0n) is 17.2. The zero-order valence-corrected chi connectivity index (χ0v) is 17.2. The van der Waals surface area contributed by atoms with Crippen LogP contribution in [0.25, 0.3) is 0 Å². The lowest BCUT2D eigenvalue weighted by Crippen LogP contribution is -2.46. The Morgan fingerprint density at radius 1 is 1.07 bits per heavy atom. The van der Waals surface area contributed by atoms with Gasteiger partial charge >= 0.3 is 0 Å². The van der Waals surface area contributed by atoms with Gasteiger partial charge in [0.15, 0.2) is 0 Å². The quantitative estimate of drug-likeness (QED) is 0.724. The van der Waals surface area contributed by atoms with Crippen molar-refractivity contribution >= 4 is 11.8 Å². The number of hydrogen-bond acceptors (Lipinski definition) is 3. The van der Waals surface area contributed by atoms with E-state index in [2.05, 4.69) is 36.5 Å². The molecule has 2 rings (SSSR count). The summed E-state index contributed by atoms with van der Waals surface area (Å²) in [6, 6.07) is 15.4. The van der Waals surface area contributed by atoms with Crippen LogP contribution in [0.2, 0.25) is 0 Å². The van der Waals surface area contributed by atoms with E-state index in [9.17, 15) is 9.59 Å². The number of rotatable bonds is 9. The van der Waals surface area contributed by atoms with Gasteiger partial charge in [-0.05, 0) is 48.6 Å². The summed E-state index contributed by atoms with van der Waals surface area (Å²) in [5.74, 6) is 0.510. The molecule has 2 amide bonds. The Kier molecular flexibility index (Phi) is 8.05. The first-order chi connectivity index (χ1) is 13.5. The summed E-state index contributed by atoms with van der Waals surface area (Å²) in [4.78, 5) is 26.8. The predicted molar refractivity (Wildman–Crippen MR) is 111 cm³/mol. The zero-order chi connectivity index (χ0) is 20.5. The first-order valence-electron chi connectivity index (χ1n) is 9.70. The Morgan fingerprint density at radius 3 is 2.36 bits per heavy atom. The Balaban J connectivity index is 2.12. The molecule has 1 unspecified atom stereocenters. The molecule has 1 atom stereocenters. The van der Waals surface area contributed by atoms with Crippen LogP contribution < -0.4 is 10.1 Å². The van der Waals surface area contributed by atoms with Gasteiger partial charge in [-0.1, -0.05) is 43.3 Å². The lowest BCUT2D eigenvalue weighted by Gasteiger charge is -2.28. The second kappa shape index (κ2) is 10.5. The molecule has 0 aliphatic carbocycles. The van der Waals surface area contributed by atoms with Crippen LogP contribution >= 0.6 is 0 Å². The molecule has 0 saturated carbocycles. The van der Waals surface area contributed by atoms with Crippen molar-refractivity contribution in [2.75, 3.05) is 14.2 Å². The molecule has 0 aliphatic rings. The Labute approximate surface area is 167 Å². The minimum Gasteiger partial charge on any atom is -0.497 e. The highest BCUT2D eigenvalue weighted by Gasteiger charge is 2.25. The number of nitrogens with zero attached hydrogens (tertiary/aromatic N) is 1. The van der Waals surface area contributed by atoms with E-state index in [-0.39, 0.29) is 11.8 Å². The molecule has 2 aromatic rings. The maximum atomic E-state index is 13.0. The summed E-state index contributed by atoms with van der Waals surface area (Å²) in [5.41, 5.74) is 3.33. The van der Waals surface area contributed by atoms with E-state index in [0.29, 0.717) is 19.4 Å². The third-order valence-corrected chi connectivity index (χ3v) is 4.96. The van der Waals surface area contributed by atoms with Crippen LogP contribution in [0.4, 0.5) is 0 Å². The number of carbonyl (C=O) groups excluding carboxylic acids is 2. The first kappa shape index (κ1) is 21.5. The fourth-order valence-electron chi connectivity index (χ4n) is 3.10. The number of methoxy groups -OCH3 is 1. The maximum Gasteiger partial charge on any atom is 0.242 e. The summed E-state index contributed by atoms with van der Waals surface area (Å²) in [7, 11) is 3.20. The predicted octanol–water partition coefficient (Wildman–Crippen LogP) is 3.35. The van der Waals surface area contributed by atoms with Crippen molar-refractivity contribution in [1.82, 2.24) is 10.2 Å². The molecule has 0 fully saturated rings. The van der Waals surface area contributed by atoms with E-state index in [1.165, 1.54) is 5.56 Å². The van der Waals surface area contributed by atoms with E-state index in [4.69, 9.17) is 4.74 Å². The van der Waals surface area contributed by atoms with Crippen LogP contribution in [-0.4, -0.2) is 36.9 Å². The van der Waals surface area contributed by atoms with Gasteiger partial charge in [0.05, 0.1) is 7.11 Å². The Morgan fingerprint density at radius 2 is 1.75 bits per heavy atom. The average Bonchev–Trinajstić information content (AvgIpc) is 2.75. The third kappa shape index (κ3) is 5.84. The summed E-state index contributed by atoms with van der Waals surface area (Å²) < 4.78 is 5.27. The Bertz CT molecular complexity index is 787. The first-order valence-corrected chi connectivity index (χ1v) is 9.70. The minimum absolute atomic E-state index is 0.0431. The average molecular weight is 383 g/mol. The topological polar surface area (TPSA) is 58.6 Å². The van der Waals surface area contributed by atoms with Crippen molar-refractivity contribution in [1.29, 1.82) is 0 Å². The highest BCUT2D eigenvalue weighted by Crippen LogP contribution is 2.17. The van der Waals surface area contributed by atoms with Crippen molar-refractivity contribution in [3.05, 3.63) is 65.2 Å². The van der Waals surface area contributed by atoms with Gasteiger partial charge in [-0.25, -0.2) is 0 Å². The third-order valence-electron chi connectivity index (χ3n) is 4.96. The van der Waals surface area contributed by atoms with Crippen LogP contribution in [0.5, 0.6) is 5.75 Å². The smallest absolute Gasteiger partial charge is 0.242 e. The highest BCUT2D eigenvalue weighted by atomic mass is 16.5. The lowest BCUT2D eigenvalue weighted by atomic mass is 10.0. The molecule has 1 N–H and O–H groups in total. The molecule has 5 heteroatoms. The summed E-state index contributed by atoms with van der Waals surface area (Å²) in [6.45, 7) is 4.24. The highest BCUT2D eigenvalue weighted by molar-refractivity contribution is 5.87. The van der Waals surface area contributed by atoms with Gasteiger partial charge in [0.1, 0.15) is 11.8 Å². The number of likely N-dealkylation sites (N-methyl/N-ethyl adjacent to an activating group) is 1. The number of ether oxygens (including phenoxy) is 1. The number of amides is 2. The number of nitrogens with one attached hydrogen (secondary N) is 1. The summed E-state index contributed by atoms with van der Waals surface area (Å²) in [5, 5.41) is 2.64. The molecule has 2 aromatic carbocycles. The van der Waals surface area contributed by atoms with Crippen LogP contribution in [0, 0.1) is 0 Å². The van der Waals surface area contributed by atoms with Gasteiger partial charge in [0.25, 0.3) is 0 Å². The molecule has 28 heavy (non-hydrogen) atoms. The minimum atomic E-state index is -0.550. The fourth-order valence-corrected chi connectivity index (χ4v) is 3.10. The van der Waals surface area contributed by atoms with E-state index in [0.717, 1.165) is 23.3 Å². The van der Waals surface area contributed by atoms with Gasteiger partial charge in [0, 0.05) is 20.0 Å². The molecular formula is C23H30N2O3. The number of aryl methyl sites for hydroxylation is 2.